The number of anilines is 1. The first-order valence-electron chi connectivity index (χ1n) is 7.24. The SMILES string of the molecule is Cc1cccc(CN2c3ccc(F)cc3CCC2C)c1. The van der Waals surface area contributed by atoms with E-state index < -0.39 is 0 Å². The van der Waals surface area contributed by atoms with Crippen LogP contribution in [0, 0.1) is 12.7 Å². The maximum absolute atomic E-state index is 13.4. The van der Waals surface area contributed by atoms with Gasteiger partial charge in [0, 0.05) is 18.3 Å². The third-order valence-electron chi connectivity index (χ3n) is 4.15. The summed E-state index contributed by atoms with van der Waals surface area (Å²) in [5, 5.41) is 0. The van der Waals surface area contributed by atoms with Gasteiger partial charge in [-0.2, -0.15) is 0 Å². The lowest BCUT2D eigenvalue weighted by Gasteiger charge is -2.37. The third kappa shape index (κ3) is 2.55. The van der Waals surface area contributed by atoms with Crippen LogP contribution in [0.5, 0.6) is 0 Å². The molecule has 1 aliphatic rings. The van der Waals surface area contributed by atoms with Crippen molar-refractivity contribution >= 4 is 5.69 Å². The molecule has 3 rings (SSSR count). The molecule has 0 fully saturated rings. The summed E-state index contributed by atoms with van der Waals surface area (Å²) in [5.41, 5.74) is 4.92. The Morgan fingerprint density at radius 3 is 2.85 bits per heavy atom. The molecule has 2 heteroatoms. The first-order valence-corrected chi connectivity index (χ1v) is 7.24. The summed E-state index contributed by atoms with van der Waals surface area (Å²) in [6.45, 7) is 5.26. The van der Waals surface area contributed by atoms with Crippen molar-refractivity contribution in [1.29, 1.82) is 0 Å². The monoisotopic (exact) mass is 269 g/mol. The highest BCUT2D eigenvalue weighted by molar-refractivity contribution is 5.57. The predicted octanol–water partition coefficient (Wildman–Crippen LogP) is 4.48. The largest absolute Gasteiger partial charge is 0.364 e. The van der Waals surface area contributed by atoms with Gasteiger partial charge in [-0.25, -0.2) is 4.39 Å². The van der Waals surface area contributed by atoms with E-state index >= 15 is 0 Å². The molecule has 2 aromatic carbocycles. The van der Waals surface area contributed by atoms with Crippen molar-refractivity contribution in [3.63, 3.8) is 0 Å². The molecular weight excluding hydrogens is 249 g/mol. The van der Waals surface area contributed by atoms with Crippen molar-refractivity contribution in [3.8, 4) is 0 Å². The number of fused-ring (bicyclic) bond motifs is 1. The van der Waals surface area contributed by atoms with Crippen molar-refractivity contribution in [2.24, 2.45) is 0 Å². The zero-order valence-corrected chi connectivity index (χ0v) is 12.1. The number of benzene rings is 2. The first-order chi connectivity index (χ1) is 9.63. The van der Waals surface area contributed by atoms with Crippen LogP contribution in [-0.4, -0.2) is 6.04 Å². The van der Waals surface area contributed by atoms with E-state index in [-0.39, 0.29) is 5.82 Å². The zero-order chi connectivity index (χ0) is 14.1. The fraction of sp³-hybridized carbons (Fsp3) is 0.333. The number of rotatable bonds is 2. The van der Waals surface area contributed by atoms with Crippen molar-refractivity contribution < 1.29 is 4.39 Å². The highest BCUT2D eigenvalue weighted by atomic mass is 19.1. The Bertz CT molecular complexity index is 621. The van der Waals surface area contributed by atoms with Crippen LogP contribution in [0.3, 0.4) is 0 Å². The Morgan fingerprint density at radius 2 is 2.05 bits per heavy atom. The molecule has 0 amide bonds. The highest BCUT2D eigenvalue weighted by Gasteiger charge is 2.23. The Morgan fingerprint density at radius 1 is 1.20 bits per heavy atom. The second kappa shape index (κ2) is 5.28. The van der Waals surface area contributed by atoms with Gasteiger partial charge in [0.1, 0.15) is 5.82 Å². The van der Waals surface area contributed by atoms with Crippen LogP contribution in [0.4, 0.5) is 10.1 Å². The van der Waals surface area contributed by atoms with E-state index in [1.807, 2.05) is 6.07 Å². The smallest absolute Gasteiger partial charge is 0.123 e. The molecule has 1 aliphatic heterocycles. The van der Waals surface area contributed by atoms with Gasteiger partial charge in [0.2, 0.25) is 0 Å². The maximum atomic E-state index is 13.4. The van der Waals surface area contributed by atoms with E-state index in [2.05, 4.69) is 43.0 Å². The molecule has 0 aromatic heterocycles. The molecule has 1 nitrogen and oxygen atoms in total. The van der Waals surface area contributed by atoms with Gasteiger partial charge >= 0.3 is 0 Å². The van der Waals surface area contributed by atoms with Gasteiger partial charge in [-0.05, 0) is 56.0 Å². The van der Waals surface area contributed by atoms with Crippen LogP contribution < -0.4 is 4.90 Å². The third-order valence-corrected chi connectivity index (χ3v) is 4.15. The summed E-state index contributed by atoms with van der Waals surface area (Å²) in [6.07, 6.45) is 2.06. The normalized spacial score (nSPS) is 17.9. The Labute approximate surface area is 120 Å². The van der Waals surface area contributed by atoms with Crippen molar-refractivity contribution in [2.75, 3.05) is 4.90 Å². The summed E-state index contributed by atoms with van der Waals surface area (Å²) in [4.78, 5) is 2.40. The van der Waals surface area contributed by atoms with Crippen LogP contribution in [0.2, 0.25) is 0 Å². The van der Waals surface area contributed by atoms with Gasteiger partial charge in [-0.15, -0.1) is 0 Å². The van der Waals surface area contributed by atoms with Crippen LogP contribution in [0.25, 0.3) is 0 Å². The van der Waals surface area contributed by atoms with E-state index in [1.165, 1.54) is 16.8 Å². The number of hydrogen-bond acceptors (Lipinski definition) is 1. The van der Waals surface area contributed by atoms with Crippen LogP contribution in [-0.2, 0) is 13.0 Å². The fourth-order valence-electron chi connectivity index (χ4n) is 3.04. The second-order valence-corrected chi connectivity index (χ2v) is 5.78. The molecule has 1 heterocycles. The average molecular weight is 269 g/mol. The summed E-state index contributed by atoms with van der Waals surface area (Å²) < 4.78 is 13.4. The van der Waals surface area contributed by atoms with Gasteiger partial charge in [-0.1, -0.05) is 29.8 Å². The Hall–Kier alpha value is -1.83. The standard InChI is InChI=1S/C18H20FN/c1-13-4-3-5-15(10-13)12-20-14(2)6-7-16-11-17(19)8-9-18(16)20/h3-5,8-11,14H,6-7,12H2,1-2H3. The van der Waals surface area contributed by atoms with Gasteiger partial charge < -0.3 is 4.90 Å². The predicted molar refractivity (Wildman–Crippen MR) is 81.5 cm³/mol. The molecule has 0 spiro atoms. The van der Waals surface area contributed by atoms with E-state index in [9.17, 15) is 4.39 Å². The lowest BCUT2D eigenvalue weighted by molar-refractivity contribution is 0.554. The number of hydrogen-bond donors (Lipinski definition) is 0. The van der Waals surface area contributed by atoms with Gasteiger partial charge in [0.25, 0.3) is 0 Å². The fourth-order valence-corrected chi connectivity index (χ4v) is 3.04. The van der Waals surface area contributed by atoms with E-state index in [4.69, 9.17) is 0 Å². The molecule has 104 valence electrons. The second-order valence-electron chi connectivity index (χ2n) is 5.78. The summed E-state index contributed by atoms with van der Waals surface area (Å²) in [7, 11) is 0. The van der Waals surface area contributed by atoms with Gasteiger partial charge in [0.15, 0.2) is 0 Å². The average Bonchev–Trinajstić information content (AvgIpc) is 2.42. The van der Waals surface area contributed by atoms with Crippen LogP contribution in [0.15, 0.2) is 42.5 Å². The maximum Gasteiger partial charge on any atom is 0.123 e. The van der Waals surface area contributed by atoms with Crippen LogP contribution >= 0.6 is 0 Å². The number of aryl methyl sites for hydroxylation is 2. The lowest BCUT2D eigenvalue weighted by Crippen LogP contribution is -2.36. The topological polar surface area (TPSA) is 3.24 Å². The molecule has 0 bridgehead atoms. The van der Waals surface area contributed by atoms with E-state index in [1.54, 1.807) is 12.1 Å². The molecule has 2 aromatic rings. The summed E-state index contributed by atoms with van der Waals surface area (Å²) in [5.74, 6) is -0.131. The molecule has 0 N–H and O–H groups in total. The minimum absolute atomic E-state index is 0.131. The zero-order valence-electron chi connectivity index (χ0n) is 12.1. The van der Waals surface area contributed by atoms with Crippen molar-refractivity contribution in [2.45, 2.75) is 39.3 Å². The minimum atomic E-state index is -0.131. The molecule has 0 saturated carbocycles. The van der Waals surface area contributed by atoms with Crippen molar-refractivity contribution in [1.82, 2.24) is 0 Å². The van der Waals surface area contributed by atoms with Crippen molar-refractivity contribution in [3.05, 3.63) is 65.0 Å². The molecule has 0 aliphatic carbocycles. The quantitative estimate of drug-likeness (QED) is 0.777. The lowest BCUT2D eigenvalue weighted by atomic mass is 9.95. The number of halogens is 1. The van der Waals surface area contributed by atoms with Gasteiger partial charge in [0.05, 0.1) is 0 Å². The Balaban J connectivity index is 1.93. The van der Waals surface area contributed by atoms with Gasteiger partial charge in [-0.3, -0.25) is 0 Å². The first kappa shape index (κ1) is 13.2. The number of nitrogens with zero attached hydrogens (tertiary/aromatic N) is 1. The highest BCUT2D eigenvalue weighted by Crippen LogP contribution is 2.32. The van der Waals surface area contributed by atoms with E-state index in [0.717, 1.165) is 24.9 Å². The molecule has 0 radical (unpaired) electrons. The molecule has 0 saturated heterocycles. The summed E-state index contributed by atoms with van der Waals surface area (Å²) >= 11 is 0. The Kier molecular flexibility index (Phi) is 3.47. The summed E-state index contributed by atoms with van der Waals surface area (Å²) in [6, 6.07) is 14.3. The van der Waals surface area contributed by atoms with Crippen LogP contribution in [0.1, 0.15) is 30.0 Å². The molecular formula is C18H20FN. The minimum Gasteiger partial charge on any atom is -0.364 e. The molecule has 1 unspecified atom stereocenters. The molecule has 1 atom stereocenters. The van der Waals surface area contributed by atoms with E-state index in [0.29, 0.717) is 6.04 Å². The molecule has 20 heavy (non-hydrogen) atoms.